The molecule has 1 heteroatoms. The molecule has 0 bridgehead atoms. The smallest absolute Gasteiger partial charge is 0.0543 e. The minimum absolute atomic E-state index is 0.00830. The van der Waals surface area contributed by atoms with Gasteiger partial charge in [-0.05, 0) is 110 Å². The second kappa shape index (κ2) is 7.90. The summed E-state index contributed by atoms with van der Waals surface area (Å²) in [6, 6.07) is 0. The van der Waals surface area contributed by atoms with Crippen LogP contribution in [0.3, 0.4) is 0 Å². The van der Waals surface area contributed by atoms with Crippen LogP contribution in [0, 0.1) is 52.3 Å². The quantitative estimate of drug-likeness (QED) is 0.518. The lowest BCUT2D eigenvalue weighted by atomic mass is 9.44. The van der Waals surface area contributed by atoms with Crippen LogP contribution in [-0.2, 0) is 0 Å². The second-order valence-electron chi connectivity index (χ2n) is 12.6. The van der Waals surface area contributed by atoms with Crippen LogP contribution in [-0.4, -0.2) is 11.2 Å². The van der Waals surface area contributed by atoms with Crippen molar-refractivity contribution in [3.8, 4) is 0 Å². The lowest BCUT2D eigenvalue weighted by molar-refractivity contribution is -0.129. The van der Waals surface area contributed by atoms with E-state index in [4.69, 9.17) is 0 Å². The molecular weight excluding hydrogens is 340 g/mol. The Bertz CT molecular complexity index is 540. The van der Waals surface area contributed by atoms with Gasteiger partial charge in [-0.2, -0.15) is 0 Å². The van der Waals surface area contributed by atoms with E-state index in [9.17, 15) is 5.11 Å². The molecule has 0 amide bonds. The molecule has 28 heavy (non-hydrogen) atoms. The Morgan fingerprint density at radius 2 is 1.54 bits per heavy atom. The van der Waals surface area contributed by atoms with E-state index < -0.39 is 0 Å². The van der Waals surface area contributed by atoms with Gasteiger partial charge in [0.25, 0.3) is 0 Å². The van der Waals surface area contributed by atoms with E-state index in [1.54, 1.807) is 0 Å². The summed E-state index contributed by atoms with van der Waals surface area (Å²) in [5.74, 6) is 6.49. The monoisotopic (exact) mass is 388 g/mol. The maximum absolute atomic E-state index is 10.3. The van der Waals surface area contributed by atoms with Crippen molar-refractivity contribution in [2.75, 3.05) is 0 Å². The van der Waals surface area contributed by atoms with Crippen molar-refractivity contribution in [1.82, 2.24) is 0 Å². The van der Waals surface area contributed by atoms with Crippen molar-refractivity contribution in [2.45, 2.75) is 118 Å². The maximum atomic E-state index is 10.3. The number of fused-ring (bicyclic) bond motifs is 5. The third-order valence-corrected chi connectivity index (χ3v) is 10.8. The normalized spacial score (nSPS) is 49.4. The fourth-order valence-electron chi connectivity index (χ4n) is 9.26. The maximum Gasteiger partial charge on any atom is 0.0543 e. The van der Waals surface area contributed by atoms with Gasteiger partial charge in [-0.25, -0.2) is 0 Å². The van der Waals surface area contributed by atoms with Crippen LogP contribution in [0.5, 0.6) is 0 Å². The van der Waals surface area contributed by atoms with Gasteiger partial charge in [-0.1, -0.05) is 53.9 Å². The SMILES string of the molecule is CC(C)CCC[C@H](C)[C@H]1CCC2C3CCC4C[C@@H](O)CC[C@]4(C)C3CC[C@@]21C. The molecule has 0 aliphatic heterocycles. The Morgan fingerprint density at radius 3 is 2.29 bits per heavy atom. The topological polar surface area (TPSA) is 20.2 Å². The highest BCUT2D eigenvalue weighted by molar-refractivity contribution is 5.09. The number of aliphatic hydroxyl groups is 1. The molecule has 4 aliphatic carbocycles. The third kappa shape index (κ3) is 3.50. The molecule has 4 unspecified atom stereocenters. The first-order valence-electron chi connectivity index (χ1n) is 12.9. The average molecular weight is 389 g/mol. The molecule has 4 saturated carbocycles. The standard InChI is InChI=1S/C27H48O/c1-18(2)7-6-8-19(3)23-11-12-24-22-10-9-20-17-21(28)13-15-26(20,4)25(22)14-16-27(23,24)5/h18-25,28H,6-17H2,1-5H3/t19-,20?,21-,22?,23+,24?,25?,26-,27+/m0/s1. The van der Waals surface area contributed by atoms with Gasteiger partial charge in [0.1, 0.15) is 0 Å². The molecule has 0 radical (unpaired) electrons. The highest BCUT2D eigenvalue weighted by Crippen LogP contribution is 2.68. The van der Waals surface area contributed by atoms with Gasteiger partial charge in [0.2, 0.25) is 0 Å². The Hall–Kier alpha value is -0.0400. The number of aliphatic hydroxyl groups excluding tert-OH is 1. The molecule has 0 aromatic heterocycles. The summed E-state index contributed by atoms with van der Waals surface area (Å²) in [7, 11) is 0. The predicted octanol–water partition coefficient (Wildman–Crippen LogP) is 7.47. The van der Waals surface area contributed by atoms with Crippen LogP contribution in [0.4, 0.5) is 0 Å². The zero-order valence-corrected chi connectivity index (χ0v) is 19.6. The van der Waals surface area contributed by atoms with Crippen LogP contribution < -0.4 is 0 Å². The Kier molecular flexibility index (Phi) is 5.98. The molecule has 0 aromatic rings. The van der Waals surface area contributed by atoms with E-state index in [2.05, 4.69) is 34.6 Å². The van der Waals surface area contributed by atoms with Crippen LogP contribution >= 0.6 is 0 Å². The average Bonchev–Trinajstić information content (AvgIpc) is 2.99. The molecule has 1 N–H and O–H groups in total. The van der Waals surface area contributed by atoms with Gasteiger partial charge in [-0.15, -0.1) is 0 Å². The summed E-state index contributed by atoms with van der Waals surface area (Å²) in [5.41, 5.74) is 1.15. The first-order chi connectivity index (χ1) is 13.3. The van der Waals surface area contributed by atoms with Crippen LogP contribution in [0.25, 0.3) is 0 Å². The van der Waals surface area contributed by atoms with E-state index in [1.165, 1.54) is 64.2 Å². The molecule has 0 saturated heterocycles. The van der Waals surface area contributed by atoms with Gasteiger partial charge in [0.15, 0.2) is 0 Å². The lowest BCUT2D eigenvalue weighted by Gasteiger charge is -2.61. The van der Waals surface area contributed by atoms with Crippen molar-refractivity contribution in [2.24, 2.45) is 52.3 Å². The van der Waals surface area contributed by atoms with Crippen molar-refractivity contribution >= 4 is 0 Å². The number of hydrogen-bond acceptors (Lipinski definition) is 1. The zero-order chi connectivity index (χ0) is 20.1. The number of hydrogen-bond donors (Lipinski definition) is 1. The van der Waals surface area contributed by atoms with Gasteiger partial charge in [0, 0.05) is 0 Å². The molecule has 4 fully saturated rings. The summed E-state index contributed by atoms with van der Waals surface area (Å²) >= 11 is 0. The highest BCUT2D eigenvalue weighted by atomic mass is 16.3. The second-order valence-corrected chi connectivity index (χ2v) is 12.6. The summed E-state index contributed by atoms with van der Waals surface area (Å²) in [6.45, 7) is 12.7. The van der Waals surface area contributed by atoms with Crippen molar-refractivity contribution in [3.63, 3.8) is 0 Å². The molecular formula is C27H48O. The fourth-order valence-corrected chi connectivity index (χ4v) is 9.26. The molecule has 162 valence electrons. The molecule has 4 aliphatic rings. The molecule has 4 rings (SSSR count). The minimum atomic E-state index is -0.00830. The van der Waals surface area contributed by atoms with Crippen molar-refractivity contribution in [1.29, 1.82) is 0 Å². The Balaban J connectivity index is 1.46. The van der Waals surface area contributed by atoms with Crippen LogP contribution in [0.1, 0.15) is 112 Å². The van der Waals surface area contributed by atoms with Crippen LogP contribution in [0.15, 0.2) is 0 Å². The largest absolute Gasteiger partial charge is 0.393 e. The molecule has 0 heterocycles. The minimum Gasteiger partial charge on any atom is -0.393 e. The van der Waals surface area contributed by atoms with Gasteiger partial charge < -0.3 is 5.11 Å². The first-order valence-corrected chi connectivity index (χ1v) is 12.9. The third-order valence-electron chi connectivity index (χ3n) is 10.8. The lowest BCUT2D eigenvalue weighted by Crippen LogP contribution is -2.54. The summed E-state index contributed by atoms with van der Waals surface area (Å²) in [4.78, 5) is 0. The van der Waals surface area contributed by atoms with Crippen molar-refractivity contribution < 1.29 is 5.11 Å². The Labute approximate surface area is 175 Å². The van der Waals surface area contributed by atoms with Gasteiger partial charge in [0.05, 0.1) is 6.10 Å². The van der Waals surface area contributed by atoms with Gasteiger partial charge in [-0.3, -0.25) is 0 Å². The van der Waals surface area contributed by atoms with E-state index >= 15 is 0 Å². The van der Waals surface area contributed by atoms with E-state index in [-0.39, 0.29) is 6.10 Å². The summed E-state index contributed by atoms with van der Waals surface area (Å²) < 4.78 is 0. The van der Waals surface area contributed by atoms with E-state index in [0.29, 0.717) is 10.8 Å². The zero-order valence-electron chi connectivity index (χ0n) is 19.6. The summed E-state index contributed by atoms with van der Waals surface area (Å²) in [5, 5.41) is 10.3. The molecule has 1 nitrogen and oxygen atoms in total. The highest BCUT2D eigenvalue weighted by Gasteiger charge is 2.60. The van der Waals surface area contributed by atoms with Crippen molar-refractivity contribution in [3.05, 3.63) is 0 Å². The predicted molar refractivity (Wildman–Crippen MR) is 119 cm³/mol. The molecule has 9 atom stereocenters. The molecule has 0 spiro atoms. The van der Waals surface area contributed by atoms with E-state index in [1.807, 2.05) is 0 Å². The van der Waals surface area contributed by atoms with Crippen LogP contribution in [0.2, 0.25) is 0 Å². The van der Waals surface area contributed by atoms with Gasteiger partial charge >= 0.3 is 0 Å². The Morgan fingerprint density at radius 1 is 0.821 bits per heavy atom. The number of rotatable bonds is 5. The fraction of sp³-hybridized carbons (Fsp3) is 1.00. The first kappa shape index (κ1) is 21.2. The molecule has 0 aromatic carbocycles. The summed E-state index contributed by atoms with van der Waals surface area (Å²) in [6.07, 6.45) is 16.6. The van der Waals surface area contributed by atoms with E-state index in [0.717, 1.165) is 54.3 Å².